The van der Waals surface area contributed by atoms with Gasteiger partial charge >= 0.3 is 0 Å². The summed E-state index contributed by atoms with van der Waals surface area (Å²) in [6.45, 7) is 1.88. The molecule has 0 saturated carbocycles. The minimum absolute atomic E-state index is 0.0405. The molecule has 1 heterocycles. The van der Waals surface area contributed by atoms with Crippen molar-refractivity contribution in [2.24, 2.45) is 0 Å². The van der Waals surface area contributed by atoms with Gasteiger partial charge in [-0.2, -0.15) is 0 Å². The van der Waals surface area contributed by atoms with E-state index in [1.165, 1.54) is 26.5 Å². The molecule has 3 aromatic carbocycles. The Labute approximate surface area is 214 Å². The molecule has 4 aromatic rings. The number of pyridine rings is 1. The lowest BCUT2D eigenvalue weighted by Crippen LogP contribution is -2.24. The van der Waals surface area contributed by atoms with Gasteiger partial charge in [0.25, 0.3) is 0 Å². The van der Waals surface area contributed by atoms with Crippen molar-refractivity contribution in [1.29, 1.82) is 0 Å². The second-order valence-electron chi connectivity index (χ2n) is 8.38. The number of rotatable bonds is 9. The van der Waals surface area contributed by atoms with Crippen molar-refractivity contribution < 1.29 is 23.8 Å². The van der Waals surface area contributed by atoms with Gasteiger partial charge in [0.15, 0.2) is 17.3 Å². The Hall–Kier alpha value is -4.59. The highest BCUT2D eigenvalue weighted by Gasteiger charge is 2.20. The minimum Gasteiger partial charge on any atom is -0.497 e. The van der Waals surface area contributed by atoms with Gasteiger partial charge in [0, 0.05) is 23.5 Å². The van der Waals surface area contributed by atoms with Crippen LogP contribution in [0.25, 0.3) is 10.9 Å². The van der Waals surface area contributed by atoms with Crippen molar-refractivity contribution in [1.82, 2.24) is 4.57 Å². The van der Waals surface area contributed by atoms with E-state index in [0.29, 0.717) is 34.0 Å². The Bertz CT molecular complexity index is 1510. The standard InChI is InChI=1S/C29H28N2O6/c1-5-18-6-8-19(9-7-18)28(33)23-16-31(17-27(32)30-20-10-12-21(35-2)13-11-20)24-15-26(37-4)25(36-3)14-22(24)29(23)34/h6-16H,5,17H2,1-4H3,(H,30,32). The molecule has 0 radical (unpaired) electrons. The number of nitrogens with one attached hydrogen (secondary N) is 1. The zero-order chi connectivity index (χ0) is 26.5. The topological polar surface area (TPSA) is 95.9 Å². The van der Waals surface area contributed by atoms with Crippen molar-refractivity contribution in [2.45, 2.75) is 19.9 Å². The molecule has 190 valence electrons. The van der Waals surface area contributed by atoms with Crippen molar-refractivity contribution in [3.63, 3.8) is 0 Å². The number of hydrogen-bond donors (Lipinski definition) is 1. The molecule has 1 aromatic heterocycles. The third kappa shape index (κ3) is 5.33. The van der Waals surface area contributed by atoms with Gasteiger partial charge < -0.3 is 24.1 Å². The van der Waals surface area contributed by atoms with Gasteiger partial charge in [0.1, 0.15) is 12.3 Å². The molecule has 0 aliphatic heterocycles. The fourth-order valence-electron chi connectivity index (χ4n) is 4.09. The summed E-state index contributed by atoms with van der Waals surface area (Å²) in [5.74, 6) is 0.649. The van der Waals surface area contributed by atoms with E-state index >= 15 is 0 Å². The first-order valence-corrected chi connectivity index (χ1v) is 11.7. The molecule has 37 heavy (non-hydrogen) atoms. The molecule has 0 aliphatic carbocycles. The van der Waals surface area contributed by atoms with Crippen LogP contribution in [0.4, 0.5) is 5.69 Å². The third-order valence-corrected chi connectivity index (χ3v) is 6.14. The lowest BCUT2D eigenvalue weighted by atomic mass is 10.0. The zero-order valence-electron chi connectivity index (χ0n) is 21.2. The molecule has 1 amide bonds. The van der Waals surface area contributed by atoms with Gasteiger partial charge in [-0.05, 0) is 42.3 Å². The van der Waals surface area contributed by atoms with Crippen LogP contribution in [0.2, 0.25) is 0 Å². The van der Waals surface area contributed by atoms with Crippen LogP contribution in [0.1, 0.15) is 28.4 Å². The number of benzene rings is 3. The van der Waals surface area contributed by atoms with Crippen molar-refractivity contribution in [2.75, 3.05) is 26.6 Å². The number of carbonyl (C=O) groups is 2. The number of amides is 1. The fourth-order valence-corrected chi connectivity index (χ4v) is 4.09. The predicted octanol–water partition coefficient (Wildman–Crippen LogP) is 4.46. The van der Waals surface area contributed by atoms with Crippen LogP contribution in [0.15, 0.2) is 71.7 Å². The van der Waals surface area contributed by atoms with Gasteiger partial charge in [-0.15, -0.1) is 0 Å². The maximum Gasteiger partial charge on any atom is 0.244 e. The number of aromatic nitrogens is 1. The van der Waals surface area contributed by atoms with E-state index < -0.39 is 11.2 Å². The van der Waals surface area contributed by atoms with Gasteiger partial charge in [-0.25, -0.2) is 0 Å². The largest absolute Gasteiger partial charge is 0.497 e. The molecular formula is C29H28N2O6. The Balaban J connectivity index is 1.79. The van der Waals surface area contributed by atoms with Gasteiger partial charge in [-0.3, -0.25) is 14.4 Å². The fraction of sp³-hybridized carbons (Fsp3) is 0.207. The Morgan fingerprint density at radius 2 is 1.51 bits per heavy atom. The summed E-state index contributed by atoms with van der Waals surface area (Å²) in [4.78, 5) is 39.9. The van der Waals surface area contributed by atoms with Gasteiger partial charge in [0.2, 0.25) is 11.3 Å². The Morgan fingerprint density at radius 1 is 0.865 bits per heavy atom. The molecule has 8 heteroatoms. The number of hydrogen-bond acceptors (Lipinski definition) is 6. The molecule has 8 nitrogen and oxygen atoms in total. The maximum absolute atomic E-state index is 13.5. The summed E-state index contributed by atoms with van der Waals surface area (Å²) in [6.07, 6.45) is 2.27. The van der Waals surface area contributed by atoms with E-state index in [4.69, 9.17) is 14.2 Å². The smallest absolute Gasteiger partial charge is 0.244 e. The normalized spacial score (nSPS) is 10.7. The number of nitrogens with zero attached hydrogens (tertiary/aromatic N) is 1. The van der Waals surface area contributed by atoms with Gasteiger partial charge in [-0.1, -0.05) is 31.2 Å². The third-order valence-electron chi connectivity index (χ3n) is 6.14. The lowest BCUT2D eigenvalue weighted by molar-refractivity contribution is -0.116. The van der Waals surface area contributed by atoms with Crippen molar-refractivity contribution in [3.8, 4) is 17.2 Å². The van der Waals surface area contributed by atoms with E-state index in [0.717, 1.165) is 12.0 Å². The maximum atomic E-state index is 13.5. The monoisotopic (exact) mass is 500 g/mol. The van der Waals surface area contributed by atoms with E-state index in [2.05, 4.69) is 5.32 Å². The number of carbonyl (C=O) groups excluding carboxylic acids is 2. The average molecular weight is 501 g/mol. The number of ketones is 1. The molecule has 4 rings (SSSR count). The Morgan fingerprint density at radius 3 is 2.11 bits per heavy atom. The van der Waals surface area contributed by atoms with E-state index in [1.807, 2.05) is 19.1 Å². The van der Waals surface area contributed by atoms with Crippen LogP contribution >= 0.6 is 0 Å². The number of ether oxygens (including phenoxy) is 3. The lowest BCUT2D eigenvalue weighted by Gasteiger charge is -2.16. The van der Waals surface area contributed by atoms with Crippen LogP contribution in [-0.4, -0.2) is 37.6 Å². The van der Waals surface area contributed by atoms with Crippen LogP contribution in [0.5, 0.6) is 17.2 Å². The summed E-state index contributed by atoms with van der Waals surface area (Å²) in [5.41, 5.74) is 2.00. The molecule has 0 fully saturated rings. The molecule has 0 bridgehead atoms. The predicted molar refractivity (Wildman–Crippen MR) is 142 cm³/mol. The van der Waals surface area contributed by atoms with E-state index in [9.17, 15) is 14.4 Å². The zero-order valence-corrected chi connectivity index (χ0v) is 21.2. The Kier molecular flexibility index (Phi) is 7.57. The molecule has 0 aliphatic rings. The number of aryl methyl sites for hydroxylation is 1. The highest BCUT2D eigenvalue weighted by atomic mass is 16.5. The number of methoxy groups -OCH3 is 3. The molecule has 0 spiro atoms. The van der Waals surface area contributed by atoms with E-state index in [1.54, 1.807) is 54.1 Å². The molecule has 0 atom stereocenters. The highest BCUT2D eigenvalue weighted by Crippen LogP contribution is 2.31. The molecule has 0 saturated heterocycles. The van der Waals surface area contributed by atoms with Crippen LogP contribution in [0, 0.1) is 0 Å². The van der Waals surface area contributed by atoms with Crippen LogP contribution in [-0.2, 0) is 17.8 Å². The first-order valence-electron chi connectivity index (χ1n) is 11.7. The summed E-state index contributed by atoms with van der Waals surface area (Å²) < 4.78 is 17.5. The molecule has 0 unspecified atom stereocenters. The van der Waals surface area contributed by atoms with E-state index in [-0.39, 0.29) is 23.4 Å². The first-order chi connectivity index (χ1) is 17.9. The summed E-state index contributed by atoms with van der Waals surface area (Å²) in [7, 11) is 4.52. The highest BCUT2D eigenvalue weighted by molar-refractivity contribution is 6.10. The van der Waals surface area contributed by atoms with Crippen LogP contribution < -0.4 is 25.0 Å². The number of anilines is 1. The van der Waals surface area contributed by atoms with Crippen LogP contribution in [0.3, 0.4) is 0 Å². The van der Waals surface area contributed by atoms with Crippen molar-refractivity contribution in [3.05, 3.63) is 93.8 Å². The SMILES string of the molecule is CCc1ccc(C(=O)c2cn(CC(=O)Nc3ccc(OC)cc3)c3cc(OC)c(OC)cc3c2=O)cc1. The summed E-state index contributed by atoms with van der Waals surface area (Å²) >= 11 is 0. The first kappa shape index (κ1) is 25.5. The molecule has 1 N–H and O–H groups in total. The molecular weight excluding hydrogens is 472 g/mol. The summed E-state index contributed by atoms with van der Waals surface area (Å²) in [5, 5.41) is 3.07. The number of fused-ring (bicyclic) bond motifs is 1. The second kappa shape index (κ2) is 11.0. The quantitative estimate of drug-likeness (QED) is 0.341. The minimum atomic E-state index is -0.452. The van der Waals surface area contributed by atoms with Crippen molar-refractivity contribution >= 4 is 28.3 Å². The average Bonchev–Trinajstić information content (AvgIpc) is 2.93. The summed E-state index contributed by atoms with van der Waals surface area (Å²) in [6, 6.07) is 17.2. The second-order valence-corrected chi connectivity index (χ2v) is 8.38. The van der Waals surface area contributed by atoms with Gasteiger partial charge in [0.05, 0.1) is 37.8 Å².